The smallest absolute Gasteiger partial charge is 0.464 e. The minimum absolute atomic E-state index is 0.00170. The molecular formula is C14H8BrF3IN3O3. The minimum atomic E-state index is -4.85. The predicted octanol–water partition coefficient (Wildman–Crippen LogP) is 3.98. The molecule has 0 spiro atoms. The topological polar surface area (TPSA) is 90.3 Å². The first-order chi connectivity index (χ1) is 11.6. The second-order valence-electron chi connectivity index (χ2n) is 4.56. The maximum Gasteiger partial charge on any atom is 0.573 e. The molecule has 1 heterocycles. The van der Waals surface area contributed by atoms with Gasteiger partial charge in [0, 0.05) is 9.77 Å². The first kappa shape index (κ1) is 19.4. The Morgan fingerprint density at radius 3 is 2.60 bits per heavy atom. The Morgan fingerprint density at radius 1 is 1.44 bits per heavy atom. The lowest BCUT2D eigenvalue weighted by molar-refractivity contribution is -0.274. The normalized spacial score (nSPS) is 11.1. The quantitative estimate of drug-likeness (QED) is 0.480. The van der Waals surface area contributed by atoms with Crippen molar-refractivity contribution >= 4 is 50.2 Å². The van der Waals surface area contributed by atoms with Crippen LogP contribution in [0.3, 0.4) is 0 Å². The van der Waals surface area contributed by atoms with E-state index in [0.717, 1.165) is 13.2 Å². The van der Waals surface area contributed by atoms with E-state index in [1.54, 1.807) is 22.6 Å². The van der Waals surface area contributed by atoms with E-state index in [9.17, 15) is 18.0 Å². The highest BCUT2D eigenvalue weighted by atomic mass is 127. The zero-order chi connectivity index (χ0) is 18.9. The summed E-state index contributed by atoms with van der Waals surface area (Å²) in [5.74, 6) is -1.23. The number of methoxy groups -OCH3 is 1. The van der Waals surface area contributed by atoms with Crippen molar-refractivity contribution in [1.29, 1.82) is 5.26 Å². The van der Waals surface area contributed by atoms with Crippen molar-refractivity contribution in [2.45, 2.75) is 6.36 Å². The molecule has 0 aliphatic heterocycles. The number of aromatic nitrogens is 1. The summed E-state index contributed by atoms with van der Waals surface area (Å²) < 4.78 is 47.5. The second kappa shape index (κ2) is 7.12. The van der Waals surface area contributed by atoms with Gasteiger partial charge in [-0.05, 0) is 50.7 Å². The zero-order valence-corrected chi connectivity index (χ0v) is 16.1. The molecule has 1 aromatic heterocycles. The Hall–Kier alpha value is -1.94. The van der Waals surface area contributed by atoms with Gasteiger partial charge in [0.15, 0.2) is 5.69 Å². The summed E-state index contributed by atoms with van der Waals surface area (Å²) in [6.45, 7) is 0. The van der Waals surface area contributed by atoms with Gasteiger partial charge in [-0.1, -0.05) is 0 Å². The van der Waals surface area contributed by atoms with Crippen LogP contribution in [-0.4, -0.2) is 24.0 Å². The number of halogens is 5. The van der Waals surface area contributed by atoms with E-state index in [2.05, 4.69) is 25.4 Å². The van der Waals surface area contributed by atoms with Gasteiger partial charge in [0.2, 0.25) is 0 Å². The number of rotatable bonds is 3. The van der Waals surface area contributed by atoms with Crippen molar-refractivity contribution < 1.29 is 27.4 Å². The lowest BCUT2D eigenvalue weighted by Gasteiger charge is -2.15. The standard InChI is InChI=1S/C14H8BrF3IN3O3/c1-24-13(23)12-11(21)6(4-20)5-22(12)9-2-7(15)10(3-8(9)19)25-14(16,17)18/h2-3,5H,21H2,1H3. The van der Waals surface area contributed by atoms with Gasteiger partial charge < -0.3 is 19.8 Å². The third-order valence-electron chi connectivity index (χ3n) is 3.03. The maximum absolute atomic E-state index is 12.4. The molecule has 25 heavy (non-hydrogen) atoms. The number of carbonyl (C=O) groups excluding carboxylic acids is 1. The van der Waals surface area contributed by atoms with Gasteiger partial charge in [-0.3, -0.25) is 0 Å². The summed E-state index contributed by atoms with van der Waals surface area (Å²) in [6.07, 6.45) is -3.55. The van der Waals surface area contributed by atoms with Crippen LogP contribution in [0.15, 0.2) is 22.8 Å². The zero-order valence-electron chi connectivity index (χ0n) is 12.3. The van der Waals surface area contributed by atoms with E-state index < -0.39 is 18.1 Å². The SMILES string of the molecule is COC(=O)c1c(N)c(C#N)cn1-c1cc(Br)c(OC(F)(F)F)cc1I. The number of carbonyl (C=O) groups is 1. The van der Waals surface area contributed by atoms with Gasteiger partial charge in [0.05, 0.1) is 28.5 Å². The Labute approximate surface area is 161 Å². The summed E-state index contributed by atoms with van der Waals surface area (Å²) in [5, 5.41) is 9.10. The molecule has 2 N–H and O–H groups in total. The molecule has 6 nitrogen and oxygen atoms in total. The van der Waals surface area contributed by atoms with Crippen molar-refractivity contribution in [3.05, 3.63) is 37.6 Å². The van der Waals surface area contributed by atoms with Crippen LogP contribution in [0.2, 0.25) is 0 Å². The fourth-order valence-corrected chi connectivity index (χ4v) is 3.12. The van der Waals surface area contributed by atoms with Crippen molar-refractivity contribution in [3.8, 4) is 17.5 Å². The number of benzene rings is 1. The highest BCUT2D eigenvalue weighted by molar-refractivity contribution is 14.1. The Balaban J connectivity index is 2.66. The number of anilines is 1. The van der Waals surface area contributed by atoms with Gasteiger partial charge >= 0.3 is 12.3 Å². The summed E-state index contributed by atoms with van der Waals surface area (Å²) in [6, 6.07) is 4.29. The molecule has 0 saturated carbocycles. The molecule has 0 saturated heterocycles. The van der Waals surface area contributed by atoms with E-state index in [0.29, 0.717) is 9.26 Å². The van der Waals surface area contributed by atoms with E-state index in [4.69, 9.17) is 11.0 Å². The molecule has 2 aromatic rings. The van der Waals surface area contributed by atoms with Crippen molar-refractivity contribution in [1.82, 2.24) is 4.57 Å². The van der Waals surface area contributed by atoms with E-state index >= 15 is 0 Å². The lowest BCUT2D eigenvalue weighted by Crippen LogP contribution is -2.18. The van der Waals surface area contributed by atoms with Crippen molar-refractivity contribution in [2.75, 3.05) is 12.8 Å². The van der Waals surface area contributed by atoms with E-state index in [-0.39, 0.29) is 21.4 Å². The molecule has 0 atom stereocenters. The van der Waals surface area contributed by atoms with E-state index in [1.807, 2.05) is 6.07 Å². The third-order valence-corrected chi connectivity index (χ3v) is 4.51. The summed E-state index contributed by atoms with van der Waals surface area (Å²) >= 11 is 4.78. The number of hydrogen-bond donors (Lipinski definition) is 1. The van der Waals surface area contributed by atoms with Crippen LogP contribution < -0.4 is 10.5 Å². The Bertz CT molecular complexity index is 890. The van der Waals surface area contributed by atoms with Gasteiger partial charge in [-0.2, -0.15) is 5.26 Å². The number of ether oxygens (including phenoxy) is 2. The number of nitrogens with zero attached hydrogens (tertiary/aromatic N) is 2. The predicted molar refractivity (Wildman–Crippen MR) is 93.3 cm³/mol. The molecule has 0 unspecified atom stereocenters. The Kier molecular flexibility index (Phi) is 5.52. The van der Waals surface area contributed by atoms with Crippen LogP contribution in [0.1, 0.15) is 16.1 Å². The first-order valence-electron chi connectivity index (χ1n) is 6.33. The average molecular weight is 530 g/mol. The number of nitriles is 1. The van der Waals surface area contributed by atoms with Crippen LogP contribution in [0.25, 0.3) is 5.69 Å². The lowest BCUT2D eigenvalue weighted by atomic mass is 10.2. The molecular weight excluding hydrogens is 522 g/mol. The number of alkyl halides is 3. The van der Waals surface area contributed by atoms with Gasteiger partial charge in [-0.15, -0.1) is 13.2 Å². The molecule has 0 bridgehead atoms. The second-order valence-corrected chi connectivity index (χ2v) is 6.58. The van der Waals surface area contributed by atoms with Crippen LogP contribution in [0.5, 0.6) is 5.75 Å². The van der Waals surface area contributed by atoms with Crippen LogP contribution in [0, 0.1) is 14.9 Å². The van der Waals surface area contributed by atoms with Crippen LogP contribution >= 0.6 is 38.5 Å². The van der Waals surface area contributed by atoms with Crippen molar-refractivity contribution in [2.24, 2.45) is 0 Å². The molecule has 0 aliphatic rings. The van der Waals surface area contributed by atoms with Crippen LogP contribution in [0.4, 0.5) is 18.9 Å². The number of nitrogen functional groups attached to an aromatic ring is 1. The highest BCUT2D eigenvalue weighted by Crippen LogP contribution is 2.36. The average Bonchev–Trinajstić information content (AvgIpc) is 2.85. The molecule has 11 heteroatoms. The van der Waals surface area contributed by atoms with Crippen molar-refractivity contribution in [3.63, 3.8) is 0 Å². The molecule has 0 fully saturated rings. The van der Waals surface area contributed by atoms with Gasteiger partial charge in [-0.25, -0.2) is 4.79 Å². The number of hydrogen-bond acceptors (Lipinski definition) is 5. The fraction of sp³-hybridized carbons (Fsp3) is 0.143. The molecule has 0 amide bonds. The minimum Gasteiger partial charge on any atom is -0.464 e. The highest BCUT2D eigenvalue weighted by Gasteiger charge is 2.32. The Morgan fingerprint density at radius 2 is 2.08 bits per heavy atom. The summed E-state index contributed by atoms with van der Waals surface area (Å²) in [5.41, 5.74) is 5.95. The van der Waals surface area contributed by atoms with Gasteiger partial charge in [0.1, 0.15) is 11.8 Å². The van der Waals surface area contributed by atoms with Crippen LogP contribution in [-0.2, 0) is 4.74 Å². The molecule has 0 radical (unpaired) electrons. The number of esters is 1. The molecule has 2 rings (SSSR count). The summed E-state index contributed by atoms with van der Waals surface area (Å²) in [7, 11) is 1.15. The van der Waals surface area contributed by atoms with E-state index in [1.165, 1.54) is 16.8 Å². The van der Waals surface area contributed by atoms with Gasteiger partial charge in [0.25, 0.3) is 0 Å². The molecule has 132 valence electrons. The molecule has 0 aliphatic carbocycles. The fourth-order valence-electron chi connectivity index (χ4n) is 2.01. The first-order valence-corrected chi connectivity index (χ1v) is 8.20. The maximum atomic E-state index is 12.4. The molecule has 1 aromatic carbocycles. The largest absolute Gasteiger partial charge is 0.573 e. The monoisotopic (exact) mass is 529 g/mol. The summed E-state index contributed by atoms with van der Waals surface area (Å²) in [4.78, 5) is 12.0. The third kappa shape index (κ3) is 4.01. The number of nitrogens with two attached hydrogens (primary N) is 1.